The molecule has 16 heavy (non-hydrogen) atoms. The van der Waals surface area contributed by atoms with Gasteiger partial charge >= 0.3 is 0 Å². The lowest BCUT2D eigenvalue weighted by molar-refractivity contribution is -0.0875. The van der Waals surface area contributed by atoms with Crippen molar-refractivity contribution in [3.05, 3.63) is 0 Å². The number of rotatable bonds is 3. The highest BCUT2D eigenvalue weighted by molar-refractivity contribution is 4.87. The Morgan fingerprint density at radius 2 is 2.00 bits per heavy atom. The van der Waals surface area contributed by atoms with Gasteiger partial charge in [-0.2, -0.15) is 0 Å². The molecular formula is C12H24N2O2. The standard InChI is InChI=1S/C12H24N2O2/c1-14(10-3-6-13-7-4-10)11-5-8-16-9-12(11)15-2/h10-13H,3-9H2,1-2H3. The van der Waals surface area contributed by atoms with Crippen molar-refractivity contribution in [2.24, 2.45) is 0 Å². The van der Waals surface area contributed by atoms with Gasteiger partial charge < -0.3 is 14.8 Å². The Balaban J connectivity index is 1.92. The molecule has 4 heteroatoms. The smallest absolute Gasteiger partial charge is 0.0960 e. The minimum Gasteiger partial charge on any atom is -0.379 e. The molecule has 2 atom stereocenters. The molecule has 0 aromatic carbocycles. The molecule has 0 spiro atoms. The van der Waals surface area contributed by atoms with Crippen molar-refractivity contribution in [1.29, 1.82) is 0 Å². The summed E-state index contributed by atoms with van der Waals surface area (Å²) in [6.07, 6.45) is 3.85. The first-order chi connectivity index (χ1) is 7.83. The summed E-state index contributed by atoms with van der Waals surface area (Å²) >= 11 is 0. The molecule has 2 aliphatic rings. The number of hydrogen-bond acceptors (Lipinski definition) is 4. The molecule has 0 bridgehead atoms. The third-order valence-corrected chi connectivity index (χ3v) is 3.98. The van der Waals surface area contributed by atoms with Crippen LogP contribution in [0.25, 0.3) is 0 Å². The highest BCUT2D eigenvalue weighted by atomic mass is 16.5. The van der Waals surface area contributed by atoms with E-state index in [1.807, 2.05) is 0 Å². The van der Waals surface area contributed by atoms with E-state index in [1.54, 1.807) is 7.11 Å². The van der Waals surface area contributed by atoms with Crippen molar-refractivity contribution in [1.82, 2.24) is 10.2 Å². The van der Waals surface area contributed by atoms with Gasteiger partial charge in [-0.15, -0.1) is 0 Å². The van der Waals surface area contributed by atoms with Crippen LogP contribution in [0.3, 0.4) is 0 Å². The summed E-state index contributed by atoms with van der Waals surface area (Å²) in [5.74, 6) is 0. The van der Waals surface area contributed by atoms with Crippen LogP contribution in [0.2, 0.25) is 0 Å². The number of nitrogens with one attached hydrogen (secondary N) is 1. The van der Waals surface area contributed by atoms with Crippen molar-refractivity contribution in [3.8, 4) is 0 Å². The fourth-order valence-corrected chi connectivity index (χ4v) is 2.88. The average molecular weight is 228 g/mol. The Morgan fingerprint density at radius 3 is 2.69 bits per heavy atom. The van der Waals surface area contributed by atoms with Gasteiger partial charge in [0, 0.05) is 25.8 Å². The third kappa shape index (κ3) is 2.74. The molecule has 0 radical (unpaired) electrons. The molecule has 0 saturated carbocycles. The zero-order valence-corrected chi connectivity index (χ0v) is 10.4. The van der Waals surface area contributed by atoms with E-state index in [4.69, 9.17) is 9.47 Å². The second-order valence-corrected chi connectivity index (χ2v) is 4.85. The van der Waals surface area contributed by atoms with Crippen LogP contribution in [0.4, 0.5) is 0 Å². The summed E-state index contributed by atoms with van der Waals surface area (Å²) in [7, 11) is 4.04. The molecule has 0 aliphatic carbocycles. The molecular weight excluding hydrogens is 204 g/mol. The van der Waals surface area contributed by atoms with Gasteiger partial charge in [0.25, 0.3) is 0 Å². The highest BCUT2D eigenvalue weighted by Crippen LogP contribution is 2.21. The van der Waals surface area contributed by atoms with Crippen LogP contribution in [0.1, 0.15) is 19.3 Å². The lowest BCUT2D eigenvalue weighted by Gasteiger charge is -2.42. The first-order valence-corrected chi connectivity index (χ1v) is 6.36. The number of likely N-dealkylation sites (N-methyl/N-ethyl adjacent to an activating group) is 1. The minimum absolute atomic E-state index is 0.244. The first kappa shape index (κ1) is 12.3. The Hall–Kier alpha value is -0.160. The van der Waals surface area contributed by atoms with Crippen LogP contribution in [0, 0.1) is 0 Å². The Labute approximate surface area is 98.3 Å². The Kier molecular flexibility index (Phi) is 4.58. The van der Waals surface area contributed by atoms with E-state index < -0.39 is 0 Å². The van der Waals surface area contributed by atoms with Crippen molar-refractivity contribution in [2.45, 2.75) is 37.5 Å². The highest BCUT2D eigenvalue weighted by Gasteiger charge is 2.32. The zero-order chi connectivity index (χ0) is 11.4. The normalized spacial score (nSPS) is 33.2. The molecule has 1 N–H and O–H groups in total. The van der Waals surface area contributed by atoms with Gasteiger partial charge in [-0.05, 0) is 39.4 Å². The SMILES string of the molecule is COC1COCCC1N(C)C1CCNCC1. The van der Waals surface area contributed by atoms with E-state index in [0.717, 1.165) is 32.7 Å². The van der Waals surface area contributed by atoms with E-state index in [0.29, 0.717) is 12.1 Å². The predicted molar refractivity (Wildman–Crippen MR) is 63.7 cm³/mol. The van der Waals surface area contributed by atoms with Crippen LogP contribution in [0.5, 0.6) is 0 Å². The molecule has 2 aliphatic heterocycles. The van der Waals surface area contributed by atoms with Crippen LogP contribution >= 0.6 is 0 Å². The number of ether oxygens (including phenoxy) is 2. The first-order valence-electron chi connectivity index (χ1n) is 6.36. The number of methoxy groups -OCH3 is 1. The molecule has 2 fully saturated rings. The summed E-state index contributed by atoms with van der Waals surface area (Å²) in [6.45, 7) is 3.92. The van der Waals surface area contributed by atoms with Crippen LogP contribution in [-0.2, 0) is 9.47 Å². The summed E-state index contributed by atoms with van der Waals surface area (Å²) in [5.41, 5.74) is 0. The van der Waals surface area contributed by atoms with Crippen molar-refractivity contribution < 1.29 is 9.47 Å². The van der Waals surface area contributed by atoms with Crippen LogP contribution in [-0.4, -0.2) is 63.5 Å². The van der Waals surface area contributed by atoms with Gasteiger partial charge in [0.1, 0.15) is 0 Å². The van der Waals surface area contributed by atoms with Gasteiger partial charge in [-0.3, -0.25) is 4.90 Å². The largest absolute Gasteiger partial charge is 0.379 e. The molecule has 2 unspecified atom stereocenters. The predicted octanol–water partition coefficient (Wildman–Crippen LogP) is 0.474. The number of hydrogen-bond donors (Lipinski definition) is 1. The molecule has 4 nitrogen and oxygen atoms in total. The lowest BCUT2D eigenvalue weighted by atomic mass is 9.98. The van der Waals surface area contributed by atoms with Crippen LogP contribution < -0.4 is 5.32 Å². The monoisotopic (exact) mass is 228 g/mol. The lowest BCUT2D eigenvalue weighted by Crippen LogP contribution is -2.53. The molecule has 2 saturated heterocycles. The van der Waals surface area contributed by atoms with Crippen molar-refractivity contribution in [3.63, 3.8) is 0 Å². The minimum atomic E-state index is 0.244. The molecule has 94 valence electrons. The quantitative estimate of drug-likeness (QED) is 0.761. The van der Waals surface area contributed by atoms with Gasteiger partial charge in [-0.1, -0.05) is 0 Å². The molecule has 0 amide bonds. The second-order valence-electron chi connectivity index (χ2n) is 4.85. The summed E-state index contributed by atoms with van der Waals surface area (Å²) < 4.78 is 11.0. The summed E-state index contributed by atoms with van der Waals surface area (Å²) in [4.78, 5) is 2.53. The van der Waals surface area contributed by atoms with Crippen molar-refractivity contribution >= 4 is 0 Å². The van der Waals surface area contributed by atoms with E-state index in [1.165, 1.54) is 12.8 Å². The molecule has 2 rings (SSSR count). The fourth-order valence-electron chi connectivity index (χ4n) is 2.88. The number of nitrogens with zero attached hydrogens (tertiary/aromatic N) is 1. The molecule has 0 aromatic rings. The topological polar surface area (TPSA) is 33.7 Å². The van der Waals surface area contributed by atoms with E-state index in [9.17, 15) is 0 Å². The maximum absolute atomic E-state index is 5.53. The third-order valence-electron chi connectivity index (χ3n) is 3.98. The zero-order valence-electron chi connectivity index (χ0n) is 10.4. The Morgan fingerprint density at radius 1 is 1.25 bits per heavy atom. The van der Waals surface area contributed by atoms with Gasteiger partial charge in [-0.25, -0.2) is 0 Å². The van der Waals surface area contributed by atoms with E-state index in [-0.39, 0.29) is 6.10 Å². The van der Waals surface area contributed by atoms with Gasteiger partial charge in [0.15, 0.2) is 0 Å². The van der Waals surface area contributed by atoms with Gasteiger partial charge in [0.05, 0.1) is 12.7 Å². The van der Waals surface area contributed by atoms with Crippen molar-refractivity contribution in [2.75, 3.05) is 40.5 Å². The molecule has 2 heterocycles. The van der Waals surface area contributed by atoms with E-state index in [2.05, 4.69) is 17.3 Å². The average Bonchev–Trinajstić information content (AvgIpc) is 2.39. The fraction of sp³-hybridized carbons (Fsp3) is 1.00. The molecule has 0 aromatic heterocycles. The maximum Gasteiger partial charge on any atom is 0.0960 e. The van der Waals surface area contributed by atoms with Crippen LogP contribution in [0.15, 0.2) is 0 Å². The summed E-state index contributed by atoms with van der Waals surface area (Å²) in [6, 6.07) is 1.24. The maximum atomic E-state index is 5.53. The Bertz CT molecular complexity index is 207. The summed E-state index contributed by atoms with van der Waals surface area (Å²) in [5, 5.41) is 3.42. The second kappa shape index (κ2) is 5.96. The van der Waals surface area contributed by atoms with E-state index >= 15 is 0 Å². The van der Waals surface area contributed by atoms with Gasteiger partial charge in [0.2, 0.25) is 0 Å². The number of piperidine rings is 1.